The Morgan fingerprint density at radius 3 is 2.12 bits per heavy atom. The summed E-state index contributed by atoms with van der Waals surface area (Å²) in [5.74, 6) is -0.287. The van der Waals surface area contributed by atoms with Crippen LogP contribution in [0, 0.1) is 5.41 Å². The largest absolute Gasteiger partial charge is 0.466 e. The van der Waals surface area contributed by atoms with Gasteiger partial charge in [0.05, 0.1) is 12.0 Å². The summed E-state index contributed by atoms with van der Waals surface area (Å²) in [4.78, 5) is 11.6. The van der Waals surface area contributed by atoms with Crippen LogP contribution >= 0.6 is 46.4 Å². The molecule has 2 nitrogen and oxygen atoms in total. The van der Waals surface area contributed by atoms with Crippen LogP contribution in [0.4, 0.5) is 0 Å². The molecule has 96 valence electrons. The van der Waals surface area contributed by atoms with Gasteiger partial charge in [-0.2, -0.15) is 0 Å². The van der Waals surface area contributed by atoms with Gasteiger partial charge in [-0.3, -0.25) is 4.79 Å². The lowest BCUT2D eigenvalue weighted by Gasteiger charge is -2.26. The summed E-state index contributed by atoms with van der Waals surface area (Å²) >= 11 is 22.9. The topological polar surface area (TPSA) is 26.3 Å². The van der Waals surface area contributed by atoms with Crippen LogP contribution < -0.4 is 0 Å². The molecule has 0 aliphatic carbocycles. The first kappa shape index (κ1) is 16.6. The number of rotatable bonds is 5. The van der Waals surface area contributed by atoms with Crippen LogP contribution in [-0.4, -0.2) is 21.7 Å². The van der Waals surface area contributed by atoms with E-state index in [4.69, 9.17) is 51.1 Å². The highest BCUT2D eigenvalue weighted by atomic mass is 35.6. The lowest BCUT2D eigenvalue weighted by molar-refractivity contribution is -0.153. The zero-order valence-electron chi connectivity index (χ0n) is 9.53. The van der Waals surface area contributed by atoms with Crippen LogP contribution in [0.25, 0.3) is 0 Å². The van der Waals surface area contributed by atoms with Gasteiger partial charge in [-0.15, -0.1) is 11.6 Å². The normalized spacial score (nSPS) is 14.7. The fourth-order valence-corrected chi connectivity index (χ4v) is 2.70. The molecule has 0 bridgehead atoms. The second-order valence-electron chi connectivity index (χ2n) is 4.23. The molecule has 0 heterocycles. The van der Waals surface area contributed by atoms with Crippen molar-refractivity contribution >= 4 is 52.4 Å². The first-order valence-corrected chi connectivity index (χ1v) is 6.53. The third-order valence-electron chi connectivity index (χ3n) is 2.01. The Bertz CT molecular complexity index is 235. The molecule has 0 aliphatic heterocycles. The molecule has 0 rings (SSSR count). The van der Waals surface area contributed by atoms with E-state index in [9.17, 15) is 4.79 Å². The number of halogens is 4. The highest BCUT2D eigenvalue weighted by Gasteiger charge is 2.34. The molecule has 0 saturated heterocycles. The summed E-state index contributed by atoms with van der Waals surface area (Å²) in [7, 11) is 0. The van der Waals surface area contributed by atoms with Gasteiger partial charge in [0.25, 0.3) is 0 Å². The number of hydrogen-bond donors (Lipinski definition) is 0. The molecule has 0 saturated carbocycles. The van der Waals surface area contributed by atoms with E-state index in [2.05, 4.69) is 0 Å². The van der Waals surface area contributed by atoms with E-state index in [1.807, 2.05) is 0 Å². The van der Waals surface area contributed by atoms with Crippen LogP contribution in [0.15, 0.2) is 0 Å². The zero-order valence-corrected chi connectivity index (χ0v) is 12.6. The summed E-state index contributed by atoms with van der Waals surface area (Å²) in [5, 5.41) is -0.382. The molecule has 0 fully saturated rings. The van der Waals surface area contributed by atoms with Gasteiger partial charge in [-0.1, -0.05) is 34.8 Å². The maximum Gasteiger partial charge on any atom is 0.311 e. The molecule has 0 aromatic heterocycles. The van der Waals surface area contributed by atoms with Gasteiger partial charge in [0.2, 0.25) is 0 Å². The van der Waals surface area contributed by atoms with Gasteiger partial charge in [0, 0.05) is 11.8 Å². The van der Waals surface area contributed by atoms with Gasteiger partial charge in [0.1, 0.15) is 0 Å². The molecule has 0 radical (unpaired) electrons. The minimum absolute atomic E-state index is 0.196. The van der Waals surface area contributed by atoms with Crippen molar-refractivity contribution < 1.29 is 9.53 Å². The van der Waals surface area contributed by atoms with Crippen LogP contribution in [0.5, 0.6) is 0 Å². The predicted molar refractivity (Wildman–Crippen MR) is 69.6 cm³/mol. The summed E-state index contributed by atoms with van der Waals surface area (Å²) in [6, 6.07) is 0. The Labute approximate surface area is 117 Å². The Hall–Kier alpha value is 0.630. The van der Waals surface area contributed by atoms with Gasteiger partial charge in [0.15, 0.2) is 3.79 Å². The molecule has 0 aromatic rings. The number of esters is 1. The summed E-state index contributed by atoms with van der Waals surface area (Å²) in [6.45, 7) is 5.63. The van der Waals surface area contributed by atoms with Crippen molar-refractivity contribution in [3.05, 3.63) is 0 Å². The number of hydrogen-bond acceptors (Lipinski definition) is 2. The average Bonchev–Trinajstić information content (AvgIpc) is 1.99. The van der Waals surface area contributed by atoms with E-state index in [1.165, 1.54) is 0 Å². The van der Waals surface area contributed by atoms with Crippen molar-refractivity contribution in [2.45, 2.75) is 42.8 Å². The monoisotopic (exact) mass is 308 g/mol. The Morgan fingerprint density at radius 2 is 1.75 bits per heavy atom. The number of alkyl halides is 4. The molecule has 0 N–H and O–H groups in total. The highest BCUT2D eigenvalue weighted by molar-refractivity contribution is 6.67. The third kappa shape index (κ3) is 7.05. The second-order valence-corrected chi connectivity index (χ2v) is 7.36. The molecule has 0 aromatic carbocycles. The summed E-state index contributed by atoms with van der Waals surface area (Å²) in [6.07, 6.45) is 0.601. The van der Waals surface area contributed by atoms with E-state index in [-0.39, 0.29) is 17.8 Å². The predicted octanol–water partition coefficient (Wildman–Crippen LogP) is 4.33. The van der Waals surface area contributed by atoms with E-state index in [0.29, 0.717) is 13.0 Å². The molecular formula is C10H16Cl4O2. The summed E-state index contributed by atoms with van der Waals surface area (Å²) < 4.78 is 3.55. The highest BCUT2D eigenvalue weighted by Crippen LogP contribution is 2.37. The molecule has 0 aliphatic rings. The van der Waals surface area contributed by atoms with E-state index in [0.717, 1.165) is 0 Å². The molecule has 16 heavy (non-hydrogen) atoms. The number of carbonyl (C=O) groups is 1. The van der Waals surface area contributed by atoms with Crippen LogP contribution in [0.2, 0.25) is 0 Å². The molecule has 0 spiro atoms. The zero-order chi connectivity index (χ0) is 13.0. The van der Waals surface area contributed by atoms with Gasteiger partial charge >= 0.3 is 5.97 Å². The third-order valence-corrected chi connectivity index (χ3v) is 2.78. The van der Waals surface area contributed by atoms with E-state index < -0.39 is 9.21 Å². The Balaban J connectivity index is 4.30. The van der Waals surface area contributed by atoms with Gasteiger partial charge < -0.3 is 4.74 Å². The Morgan fingerprint density at radius 1 is 1.25 bits per heavy atom. The summed E-state index contributed by atoms with van der Waals surface area (Å²) in [5.41, 5.74) is -0.668. The maximum atomic E-state index is 11.6. The van der Waals surface area contributed by atoms with Crippen LogP contribution in [0.1, 0.15) is 33.6 Å². The van der Waals surface area contributed by atoms with Crippen molar-refractivity contribution in [3.63, 3.8) is 0 Å². The lowest BCUT2D eigenvalue weighted by Crippen LogP contribution is -2.30. The quantitative estimate of drug-likeness (QED) is 0.558. The number of carbonyl (C=O) groups excluding carboxylic acids is 1. The molecule has 6 heteroatoms. The fourth-order valence-electron chi connectivity index (χ4n) is 1.29. The number of ether oxygens (including phenoxy) is 1. The standard InChI is InChI=1S/C10H16Cl4O2/c1-4-16-8(15)9(2,3)5-7(11)6-10(12,13)14/h7H,4-6H2,1-3H3. The van der Waals surface area contributed by atoms with E-state index in [1.54, 1.807) is 20.8 Å². The first-order valence-electron chi connectivity index (χ1n) is 4.96. The van der Waals surface area contributed by atoms with E-state index >= 15 is 0 Å². The van der Waals surface area contributed by atoms with Crippen molar-refractivity contribution in [1.29, 1.82) is 0 Å². The molecule has 1 atom stereocenters. The molecule has 0 amide bonds. The van der Waals surface area contributed by atoms with Crippen molar-refractivity contribution in [2.24, 2.45) is 5.41 Å². The van der Waals surface area contributed by atoms with Gasteiger partial charge in [-0.25, -0.2) is 0 Å². The van der Waals surface area contributed by atoms with Crippen LogP contribution in [0.3, 0.4) is 0 Å². The smallest absolute Gasteiger partial charge is 0.311 e. The van der Waals surface area contributed by atoms with Gasteiger partial charge in [-0.05, 0) is 27.2 Å². The van der Waals surface area contributed by atoms with Crippen molar-refractivity contribution in [1.82, 2.24) is 0 Å². The van der Waals surface area contributed by atoms with Crippen molar-refractivity contribution in [3.8, 4) is 0 Å². The molecular weight excluding hydrogens is 294 g/mol. The molecule has 1 unspecified atom stereocenters. The SMILES string of the molecule is CCOC(=O)C(C)(C)CC(Cl)CC(Cl)(Cl)Cl. The van der Waals surface area contributed by atoms with Crippen molar-refractivity contribution in [2.75, 3.05) is 6.61 Å². The van der Waals surface area contributed by atoms with Crippen LogP contribution in [-0.2, 0) is 9.53 Å². The maximum absolute atomic E-state index is 11.6. The fraction of sp³-hybridized carbons (Fsp3) is 0.900. The first-order chi connectivity index (χ1) is 7.08. The average molecular weight is 310 g/mol. The minimum Gasteiger partial charge on any atom is -0.466 e. The Kier molecular flexibility index (Phi) is 6.79. The minimum atomic E-state index is -1.39. The lowest BCUT2D eigenvalue weighted by atomic mass is 9.87. The second kappa shape index (κ2) is 6.53.